The number of hydrogen-bond donors (Lipinski definition) is 2. The number of aromatic nitrogens is 2. The van der Waals surface area contributed by atoms with Crippen LogP contribution in [0.3, 0.4) is 0 Å². The molecule has 1 amide bonds. The van der Waals surface area contributed by atoms with E-state index < -0.39 is 15.9 Å². The molecule has 1 aromatic heterocycles. The molecule has 20 heavy (non-hydrogen) atoms. The van der Waals surface area contributed by atoms with Gasteiger partial charge in [-0.3, -0.25) is 9.69 Å². The van der Waals surface area contributed by atoms with Crippen LogP contribution in [0.25, 0.3) is 0 Å². The van der Waals surface area contributed by atoms with E-state index in [0.29, 0.717) is 0 Å². The molecule has 2 heterocycles. The maximum atomic E-state index is 11.9. The van der Waals surface area contributed by atoms with Crippen molar-refractivity contribution in [1.29, 1.82) is 0 Å². The van der Waals surface area contributed by atoms with Gasteiger partial charge in [-0.15, -0.1) is 0 Å². The molecule has 0 radical (unpaired) electrons. The quantitative estimate of drug-likeness (QED) is 0.745. The number of hydrogen-bond acceptors (Lipinski definition) is 6. The normalized spacial score (nSPS) is 19.6. The summed E-state index contributed by atoms with van der Waals surface area (Å²) < 4.78 is 22.1. The number of anilines is 2. The molecule has 0 saturated carbocycles. The van der Waals surface area contributed by atoms with Gasteiger partial charge in [-0.05, 0) is 0 Å². The van der Waals surface area contributed by atoms with Crippen LogP contribution in [0, 0.1) is 5.92 Å². The number of nitrogens with zero attached hydrogens (tertiary/aromatic N) is 3. The molecule has 11 heteroatoms. The fourth-order valence-corrected chi connectivity index (χ4v) is 3.20. The van der Waals surface area contributed by atoms with Gasteiger partial charge in [0.2, 0.25) is 21.9 Å². The minimum atomic E-state index is -3.65. The minimum absolute atomic E-state index is 0.00359. The van der Waals surface area contributed by atoms with Crippen LogP contribution in [0.1, 0.15) is 6.42 Å². The first-order valence-corrected chi connectivity index (χ1v) is 7.94. The van der Waals surface area contributed by atoms with Crippen molar-refractivity contribution >= 4 is 50.8 Å². The number of rotatable bonds is 3. The van der Waals surface area contributed by atoms with E-state index in [9.17, 15) is 13.2 Å². The number of carbonyl (C=O) groups excluding carboxylic acids is 1. The molecular formula is C9H11Cl2N5O3S. The van der Waals surface area contributed by atoms with Crippen molar-refractivity contribution in [2.45, 2.75) is 6.42 Å². The number of halogens is 2. The third kappa shape index (κ3) is 3.29. The zero-order chi connectivity index (χ0) is 15.1. The Morgan fingerprint density at radius 2 is 1.85 bits per heavy atom. The van der Waals surface area contributed by atoms with Crippen LogP contribution < -0.4 is 15.8 Å². The third-order valence-corrected chi connectivity index (χ3v) is 4.27. The Morgan fingerprint density at radius 3 is 2.35 bits per heavy atom. The van der Waals surface area contributed by atoms with Gasteiger partial charge in [0.25, 0.3) is 0 Å². The summed E-state index contributed by atoms with van der Waals surface area (Å²) >= 11 is 11.5. The van der Waals surface area contributed by atoms with Gasteiger partial charge in [-0.25, -0.2) is 13.6 Å². The summed E-state index contributed by atoms with van der Waals surface area (Å²) in [5, 5.41) is 4.83. The molecule has 110 valence electrons. The molecule has 2 rings (SSSR count). The van der Waals surface area contributed by atoms with Gasteiger partial charge in [0.15, 0.2) is 10.3 Å². The Bertz CT molecular complexity index is 643. The maximum absolute atomic E-state index is 11.9. The van der Waals surface area contributed by atoms with Crippen molar-refractivity contribution in [3.05, 3.63) is 10.3 Å². The van der Waals surface area contributed by atoms with E-state index >= 15 is 0 Å². The summed E-state index contributed by atoms with van der Waals surface area (Å²) in [5.74, 6) is -1.03. The fourth-order valence-electron chi connectivity index (χ4n) is 1.94. The predicted molar refractivity (Wildman–Crippen MR) is 74.9 cm³/mol. The highest BCUT2D eigenvalue weighted by atomic mass is 35.5. The Balaban J connectivity index is 2.24. The second kappa shape index (κ2) is 5.32. The first-order chi connectivity index (χ1) is 9.17. The molecule has 1 saturated heterocycles. The minimum Gasteiger partial charge on any atom is -0.394 e. The van der Waals surface area contributed by atoms with E-state index in [1.54, 1.807) is 0 Å². The first kappa shape index (κ1) is 15.2. The van der Waals surface area contributed by atoms with Gasteiger partial charge >= 0.3 is 0 Å². The molecule has 1 aliphatic rings. The molecule has 8 nitrogen and oxygen atoms in total. The lowest BCUT2D eigenvalue weighted by molar-refractivity contribution is -0.117. The Hall–Kier alpha value is -1.16. The van der Waals surface area contributed by atoms with Crippen molar-refractivity contribution in [1.82, 2.24) is 9.97 Å². The third-order valence-electron chi connectivity index (χ3n) is 2.76. The second-order valence-corrected chi connectivity index (χ2v) is 6.80. The molecule has 1 unspecified atom stereocenters. The summed E-state index contributed by atoms with van der Waals surface area (Å²) in [6, 6.07) is 0. The number of amides is 1. The van der Waals surface area contributed by atoms with Crippen LogP contribution in [-0.2, 0) is 14.8 Å². The number of primary sulfonamides is 1. The van der Waals surface area contributed by atoms with Crippen molar-refractivity contribution in [2.75, 3.05) is 22.9 Å². The maximum Gasteiger partial charge on any atom is 0.235 e. The molecule has 0 spiro atoms. The number of nitrogen functional groups attached to an aromatic ring is 1. The van der Waals surface area contributed by atoms with E-state index in [0.717, 1.165) is 0 Å². The van der Waals surface area contributed by atoms with Crippen LogP contribution in [0.15, 0.2) is 0 Å². The van der Waals surface area contributed by atoms with E-state index in [2.05, 4.69) is 9.97 Å². The molecule has 1 aromatic rings. The summed E-state index contributed by atoms with van der Waals surface area (Å²) in [7, 11) is -3.65. The number of nitrogens with two attached hydrogens (primary N) is 2. The van der Waals surface area contributed by atoms with Crippen LogP contribution in [-0.4, -0.2) is 36.6 Å². The Kier molecular flexibility index (Phi) is 4.05. The fraction of sp³-hybridized carbons (Fsp3) is 0.444. The summed E-state index contributed by atoms with van der Waals surface area (Å²) in [6.45, 7) is 0.131. The van der Waals surface area contributed by atoms with E-state index in [4.69, 9.17) is 34.1 Å². The average molecular weight is 340 g/mol. The monoisotopic (exact) mass is 339 g/mol. The van der Waals surface area contributed by atoms with E-state index in [1.807, 2.05) is 0 Å². The van der Waals surface area contributed by atoms with Crippen molar-refractivity contribution in [3.8, 4) is 0 Å². The molecular weight excluding hydrogens is 329 g/mol. The van der Waals surface area contributed by atoms with Gasteiger partial charge in [-0.1, -0.05) is 23.2 Å². The van der Waals surface area contributed by atoms with Crippen LogP contribution in [0.2, 0.25) is 10.3 Å². The lowest BCUT2D eigenvalue weighted by atomic mass is 10.1. The van der Waals surface area contributed by atoms with Gasteiger partial charge in [0.05, 0.1) is 5.75 Å². The molecule has 4 N–H and O–H groups in total. The standard InChI is InChI=1S/C9H11Cl2N5O3S/c10-7-6(12)8(11)15-9(14-7)16-2-4(1-5(16)17)3-20(13,18)19/h4H,1-3,12H2,(H2,13,18,19). The van der Waals surface area contributed by atoms with Gasteiger partial charge in [0.1, 0.15) is 5.69 Å². The lowest BCUT2D eigenvalue weighted by Gasteiger charge is -2.15. The highest BCUT2D eigenvalue weighted by molar-refractivity contribution is 7.89. The summed E-state index contributed by atoms with van der Waals surface area (Å²) in [5.41, 5.74) is 5.52. The predicted octanol–water partition coefficient (Wildman–Crippen LogP) is 0.00700. The number of carbonyl (C=O) groups is 1. The highest BCUT2D eigenvalue weighted by Crippen LogP contribution is 2.29. The van der Waals surface area contributed by atoms with Gasteiger partial charge in [0, 0.05) is 18.9 Å². The van der Waals surface area contributed by atoms with Gasteiger partial charge in [-0.2, -0.15) is 9.97 Å². The van der Waals surface area contributed by atoms with Crippen LogP contribution in [0.4, 0.5) is 11.6 Å². The Morgan fingerprint density at radius 1 is 1.30 bits per heavy atom. The zero-order valence-electron chi connectivity index (χ0n) is 10.1. The van der Waals surface area contributed by atoms with Crippen LogP contribution in [0.5, 0.6) is 0 Å². The van der Waals surface area contributed by atoms with E-state index in [1.165, 1.54) is 4.90 Å². The van der Waals surface area contributed by atoms with Crippen molar-refractivity contribution < 1.29 is 13.2 Å². The first-order valence-electron chi connectivity index (χ1n) is 5.46. The lowest BCUT2D eigenvalue weighted by Crippen LogP contribution is -2.29. The zero-order valence-corrected chi connectivity index (χ0v) is 12.4. The second-order valence-electron chi connectivity index (χ2n) is 4.42. The Labute approximate surface area is 125 Å². The summed E-state index contributed by atoms with van der Waals surface area (Å²) in [4.78, 5) is 20.8. The molecule has 0 aliphatic carbocycles. The largest absolute Gasteiger partial charge is 0.394 e. The molecule has 1 aliphatic heterocycles. The topological polar surface area (TPSA) is 132 Å². The van der Waals surface area contributed by atoms with E-state index in [-0.39, 0.29) is 46.6 Å². The SMILES string of the molecule is Nc1c(Cl)nc(N2CC(CS(N)(=O)=O)CC2=O)nc1Cl. The molecule has 0 aromatic carbocycles. The number of sulfonamides is 1. The van der Waals surface area contributed by atoms with Crippen LogP contribution >= 0.6 is 23.2 Å². The van der Waals surface area contributed by atoms with Crippen molar-refractivity contribution in [3.63, 3.8) is 0 Å². The van der Waals surface area contributed by atoms with Gasteiger partial charge < -0.3 is 5.73 Å². The highest BCUT2D eigenvalue weighted by Gasteiger charge is 2.34. The molecule has 1 atom stereocenters. The van der Waals surface area contributed by atoms with Crippen molar-refractivity contribution in [2.24, 2.45) is 11.1 Å². The smallest absolute Gasteiger partial charge is 0.235 e. The average Bonchev–Trinajstić information content (AvgIpc) is 2.63. The molecule has 0 bridgehead atoms. The summed E-state index contributed by atoms with van der Waals surface area (Å²) in [6.07, 6.45) is 0.0411. The molecule has 1 fully saturated rings.